The molecule has 9 nitrogen and oxygen atoms in total. The molecule has 26 heavy (non-hydrogen) atoms. The number of ketones is 1. The maximum absolute atomic E-state index is 11.9. The second-order valence-corrected chi connectivity index (χ2v) is 5.92. The molecule has 1 aliphatic carbocycles. The number of carbonyl (C=O) groups excluding carboxylic acids is 3. The lowest BCUT2D eigenvalue weighted by molar-refractivity contribution is -0.142. The molecule has 0 saturated heterocycles. The van der Waals surface area contributed by atoms with Gasteiger partial charge in [0.1, 0.15) is 11.8 Å². The molecule has 0 heterocycles. The maximum Gasteiger partial charge on any atom is 0.326 e. The Morgan fingerprint density at radius 1 is 1.27 bits per heavy atom. The lowest BCUT2D eigenvalue weighted by atomic mass is 10.1. The number of primary amides is 1. The van der Waals surface area contributed by atoms with Crippen molar-refractivity contribution in [2.75, 3.05) is 13.2 Å². The number of ether oxygens (including phenoxy) is 1. The molecule has 0 fully saturated rings. The topological polar surface area (TPSA) is 148 Å². The molecule has 2 rings (SSSR count). The van der Waals surface area contributed by atoms with E-state index in [4.69, 9.17) is 15.6 Å². The summed E-state index contributed by atoms with van der Waals surface area (Å²) in [5.74, 6) is -1.34. The van der Waals surface area contributed by atoms with E-state index < -0.39 is 23.9 Å². The van der Waals surface area contributed by atoms with Gasteiger partial charge in [0, 0.05) is 18.5 Å². The van der Waals surface area contributed by atoms with E-state index in [1.165, 1.54) is 0 Å². The number of hydrogen-bond acceptors (Lipinski definition) is 5. The minimum absolute atomic E-state index is 0.0467. The van der Waals surface area contributed by atoms with Crippen LogP contribution in [-0.2, 0) is 16.0 Å². The first kappa shape index (κ1) is 19.2. The highest BCUT2D eigenvalue weighted by molar-refractivity contribution is 6.00. The number of nitrogens with one attached hydrogen (secondary N) is 2. The smallest absolute Gasteiger partial charge is 0.326 e. The first-order valence-corrected chi connectivity index (χ1v) is 8.21. The standard InChI is InChI=1S/C17H21N3O6/c18-17(25)19-7-1-2-13(16(23)24)20-15(22)9-26-11-5-3-10-4-6-14(21)12(10)8-11/h3,5,8,13H,1-2,4,6-7,9H2,(H,20,22)(H,23,24)(H3,18,19,25)/t13-/m0/s1. The zero-order chi connectivity index (χ0) is 19.1. The molecule has 1 atom stereocenters. The maximum atomic E-state index is 11.9. The van der Waals surface area contributed by atoms with Gasteiger partial charge in [0.2, 0.25) is 0 Å². The van der Waals surface area contributed by atoms with Crippen LogP contribution in [0.2, 0.25) is 0 Å². The van der Waals surface area contributed by atoms with E-state index in [0.29, 0.717) is 30.6 Å². The van der Waals surface area contributed by atoms with Gasteiger partial charge < -0.3 is 26.2 Å². The van der Waals surface area contributed by atoms with Gasteiger partial charge in [-0.25, -0.2) is 9.59 Å². The number of carboxylic acids is 1. The second-order valence-electron chi connectivity index (χ2n) is 5.92. The molecule has 0 aromatic heterocycles. The molecule has 0 unspecified atom stereocenters. The zero-order valence-corrected chi connectivity index (χ0v) is 14.1. The number of hydrogen-bond donors (Lipinski definition) is 4. The molecule has 0 aliphatic heterocycles. The Bertz CT molecular complexity index is 718. The minimum atomic E-state index is -1.18. The highest BCUT2D eigenvalue weighted by Crippen LogP contribution is 2.26. The number of carbonyl (C=O) groups is 4. The lowest BCUT2D eigenvalue weighted by Gasteiger charge is -2.15. The van der Waals surface area contributed by atoms with Crippen LogP contribution < -0.4 is 21.1 Å². The molecule has 0 bridgehead atoms. The Labute approximate surface area is 149 Å². The summed E-state index contributed by atoms with van der Waals surface area (Å²) in [6.45, 7) is -0.148. The van der Waals surface area contributed by atoms with Gasteiger partial charge in [0.15, 0.2) is 12.4 Å². The van der Waals surface area contributed by atoms with Crippen LogP contribution in [0, 0.1) is 0 Å². The molecule has 0 saturated carbocycles. The Hall–Kier alpha value is -3.10. The van der Waals surface area contributed by atoms with Gasteiger partial charge in [-0.2, -0.15) is 0 Å². The van der Waals surface area contributed by atoms with Crippen LogP contribution in [0.1, 0.15) is 35.2 Å². The van der Waals surface area contributed by atoms with E-state index in [-0.39, 0.29) is 25.4 Å². The van der Waals surface area contributed by atoms with Crippen LogP contribution in [0.4, 0.5) is 4.79 Å². The molecule has 5 N–H and O–H groups in total. The van der Waals surface area contributed by atoms with Crippen molar-refractivity contribution in [3.05, 3.63) is 29.3 Å². The van der Waals surface area contributed by atoms with E-state index in [0.717, 1.165) is 5.56 Å². The van der Waals surface area contributed by atoms with Gasteiger partial charge in [0.05, 0.1) is 0 Å². The second kappa shape index (κ2) is 8.84. The summed E-state index contributed by atoms with van der Waals surface area (Å²) in [6.07, 6.45) is 1.66. The highest BCUT2D eigenvalue weighted by Gasteiger charge is 2.21. The highest BCUT2D eigenvalue weighted by atomic mass is 16.5. The van der Waals surface area contributed by atoms with Crippen molar-refractivity contribution < 1.29 is 29.0 Å². The van der Waals surface area contributed by atoms with Crippen molar-refractivity contribution >= 4 is 23.7 Å². The van der Waals surface area contributed by atoms with Crippen LogP contribution in [-0.4, -0.2) is 48.0 Å². The summed E-state index contributed by atoms with van der Waals surface area (Å²) >= 11 is 0. The van der Waals surface area contributed by atoms with E-state index in [2.05, 4.69) is 10.6 Å². The quantitative estimate of drug-likeness (QED) is 0.461. The Morgan fingerprint density at radius 3 is 2.73 bits per heavy atom. The van der Waals surface area contributed by atoms with Crippen LogP contribution in [0.25, 0.3) is 0 Å². The van der Waals surface area contributed by atoms with Crippen molar-refractivity contribution in [3.8, 4) is 5.75 Å². The predicted octanol–water partition coefficient (Wildman–Crippen LogP) is 0.212. The average Bonchev–Trinajstić information content (AvgIpc) is 2.96. The van der Waals surface area contributed by atoms with Gasteiger partial charge in [-0.05, 0) is 37.0 Å². The van der Waals surface area contributed by atoms with Crippen molar-refractivity contribution in [3.63, 3.8) is 0 Å². The SMILES string of the molecule is NC(=O)NCCC[C@H](NC(=O)COc1ccc2c(c1)C(=O)CC2)C(=O)O. The Kier molecular flexibility index (Phi) is 6.54. The number of Topliss-reactive ketones (excluding diaryl/α,β-unsaturated/α-hetero) is 1. The summed E-state index contributed by atoms with van der Waals surface area (Å²) < 4.78 is 5.35. The number of amides is 3. The summed E-state index contributed by atoms with van der Waals surface area (Å²) in [5, 5.41) is 13.9. The third-order valence-electron chi connectivity index (χ3n) is 3.98. The predicted molar refractivity (Wildman–Crippen MR) is 91.0 cm³/mol. The number of fused-ring (bicyclic) bond motifs is 1. The molecular weight excluding hydrogens is 342 g/mol. The third-order valence-corrected chi connectivity index (χ3v) is 3.98. The number of aliphatic carboxylic acids is 1. The van der Waals surface area contributed by atoms with E-state index in [9.17, 15) is 19.2 Å². The Balaban J connectivity index is 1.80. The van der Waals surface area contributed by atoms with Crippen LogP contribution in [0.15, 0.2) is 18.2 Å². The molecular formula is C17H21N3O6. The monoisotopic (exact) mass is 363 g/mol. The van der Waals surface area contributed by atoms with Gasteiger partial charge >= 0.3 is 12.0 Å². The average molecular weight is 363 g/mol. The summed E-state index contributed by atoms with van der Waals surface area (Å²) in [6, 6.07) is 3.28. The molecule has 1 aromatic rings. The first-order chi connectivity index (χ1) is 12.4. The molecule has 1 aromatic carbocycles. The zero-order valence-electron chi connectivity index (χ0n) is 14.1. The fraction of sp³-hybridized carbons (Fsp3) is 0.412. The van der Waals surface area contributed by atoms with Crippen molar-refractivity contribution in [2.24, 2.45) is 5.73 Å². The lowest BCUT2D eigenvalue weighted by Crippen LogP contribution is -2.43. The number of benzene rings is 1. The molecule has 0 radical (unpaired) electrons. The summed E-state index contributed by atoms with van der Waals surface area (Å²) in [4.78, 5) is 45.4. The van der Waals surface area contributed by atoms with Crippen LogP contribution in [0.5, 0.6) is 5.75 Å². The van der Waals surface area contributed by atoms with Gasteiger partial charge in [-0.15, -0.1) is 0 Å². The molecule has 9 heteroatoms. The number of rotatable bonds is 9. The normalized spacial score (nSPS) is 13.6. The van der Waals surface area contributed by atoms with Crippen molar-refractivity contribution in [1.29, 1.82) is 0 Å². The first-order valence-electron chi connectivity index (χ1n) is 8.21. The van der Waals surface area contributed by atoms with Crippen LogP contribution in [0.3, 0.4) is 0 Å². The molecule has 1 aliphatic rings. The van der Waals surface area contributed by atoms with Gasteiger partial charge in [0.25, 0.3) is 5.91 Å². The van der Waals surface area contributed by atoms with Gasteiger partial charge in [-0.1, -0.05) is 6.07 Å². The van der Waals surface area contributed by atoms with E-state index >= 15 is 0 Å². The number of carboxylic acid groups (broad SMARTS) is 1. The Morgan fingerprint density at radius 2 is 2.04 bits per heavy atom. The summed E-state index contributed by atoms with van der Waals surface area (Å²) in [7, 11) is 0. The number of aryl methyl sites for hydroxylation is 1. The van der Waals surface area contributed by atoms with Crippen LogP contribution >= 0.6 is 0 Å². The number of urea groups is 1. The van der Waals surface area contributed by atoms with E-state index in [1.807, 2.05) is 0 Å². The minimum Gasteiger partial charge on any atom is -0.484 e. The largest absolute Gasteiger partial charge is 0.484 e. The molecule has 3 amide bonds. The van der Waals surface area contributed by atoms with E-state index in [1.54, 1.807) is 18.2 Å². The van der Waals surface area contributed by atoms with Crippen molar-refractivity contribution in [2.45, 2.75) is 31.7 Å². The summed E-state index contributed by atoms with van der Waals surface area (Å²) in [5.41, 5.74) is 6.48. The third kappa shape index (κ3) is 5.47. The molecule has 140 valence electrons. The fourth-order valence-corrected chi connectivity index (χ4v) is 2.67. The fourth-order valence-electron chi connectivity index (χ4n) is 2.67. The molecule has 0 spiro atoms. The van der Waals surface area contributed by atoms with Crippen molar-refractivity contribution in [1.82, 2.24) is 10.6 Å². The van der Waals surface area contributed by atoms with Gasteiger partial charge in [-0.3, -0.25) is 9.59 Å². The number of nitrogens with two attached hydrogens (primary N) is 1.